The largest absolute Gasteiger partial charge is 0.382 e. The number of hydrogen-bond donors (Lipinski definition) is 2. The van der Waals surface area contributed by atoms with Gasteiger partial charge in [0.05, 0.1) is 16.9 Å². The van der Waals surface area contributed by atoms with Gasteiger partial charge in [-0.05, 0) is 74.6 Å². The molecule has 1 aliphatic heterocycles. The molecule has 2 aromatic carbocycles. The van der Waals surface area contributed by atoms with E-state index in [1.807, 2.05) is 18.2 Å². The van der Waals surface area contributed by atoms with Crippen molar-refractivity contribution >= 4 is 28.2 Å². The van der Waals surface area contributed by atoms with Crippen molar-refractivity contribution in [2.75, 3.05) is 20.3 Å². The van der Waals surface area contributed by atoms with Gasteiger partial charge in [-0.3, -0.25) is 4.79 Å². The Kier molecular flexibility index (Phi) is 8.60. The molecule has 1 saturated carbocycles. The number of nitrogens with zero attached hydrogens (tertiary/aromatic N) is 3. The van der Waals surface area contributed by atoms with Crippen LogP contribution in [0.15, 0.2) is 83.8 Å². The number of carbonyl (C=O) groups excluding carboxylic acids is 1. The predicted molar refractivity (Wildman–Crippen MR) is 162 cm³/mol. The zero-order chi connectivity index (χ0) is 28.1. The van der Waals surface area contributed by atoms with Crippen LogP contribution in [-0.4, -0.2) is 47.9 Å². The molecule has 1 aliphatic carbocycles. The standard InChI is InChI=1S/C33H39N5O2/c1-22(28-14-13-27-15-16-29(37-30(27)19-28)26-7-5-4-6-8-26)32-33(34)35-17-18-38(32)23(2)25-11-9-24(10-12-25)20-36-31(39)21-40-3/h4-8,13-19,23-25H,9-12,20-21H2,1-3H3,(H2,34,35)(H,36,39)/b32-22+. The minimum Gasteiger partial charge on any atom is -0.382 e. The number of benzene rings is 2. The van der Waals surface area contributed by atoms with Crippen molar-refractivity contribution in [3.05, 3.63) is 84.3 Å². The summed E-state index contributed by atoms with van der Waals surface area (Å²) in [6, 6.07) is 21.2. The molecule has 40 heavy (non-hydrogen) atoms. The SMILES string of the molecule is COCC(=O)NCC1CCC(C(C)N2C=CN=C(N)/C2=C(/C)c2ccc3ccc(-c4ccccc4)nc3c2)CC1. The topological polar surface area (TPSA) is 92.8 Å². The number of aromatic nitrogens is 1. The highest BCUT2D eigenvalue weighted by molar-refractivity contribution is 6.04. The molecule has 1 atom stereocenters. The van der Waals surface area contributed by atoms with Crippen molar-refractivity contribution in [3.63, 3.8) is 0 Å². The fourth-order valence-corrected chi connectivity index (χ4v) is 5.98. The number of hydrogen-bond acceptors (Lipinski definition) is 6. The molecule has 7 heteroatoms. The van der Waals surface area contributed by atoms with E-state index in [0.29, 0.717) is 17.7 Å². The average molecular weight is 538 g/mol. The van der Waals surface area contributed by atoms with E-state index in [9.17, 15) is 4.79 Å². The molecular weight excluding hydrogens is 498 g/mol. The molecule has 2 aliphatic rings. The maximum absolute atomic E-state index is 11.8. The third-order valence-electron chi connectivity index (χ3n) is 8.37. The molecule has 1 fully saturated rings. The summed E-state index contributed by atoms with van der Waals surface area (Å²) in [5.74, 6) is 1.52. The third-order valence-corrected chi connectivity index (χ3v) is 8.37. The van der Waals surface area contributed by atoms with Crippen molar-refractivity contribution in [2.45, 2.75) is 45.6 Å². The minimum absolute atomic E-state index is 0.0448. The highest BCUT2D eigenvalue weighted by atomic mass is 16.5. The molecule has 208 valence electrons. The summed E-state index contributed by atoms with van der Waals surface area (Å²) in [4.78, 5) is 23.5. The summed E-state index contributed by atoms with van der Waals surface area (Å²) in [6.45, 7) is 5.25. The van der Waals surface area contributed by atoms with E-state index < -0.39 is 0 Å². The Labute approximate surface area is 236 Å². The first kappa shape index (κ1) is 27.6. The molecule has 5 rings (SSSR count). The third kappa shape index (κ3) is 6.10. The Hall–Kier alpha value is -3.97. The van der Waals surface area contributed by atoms with Crippen molar-refractivity contribution in [3.8, 4) is 11.3 Å². The van der Waals surface area contributed by atoms with Crippen molar-refractivity contribution < 1.29 is 9.53 Å². The Morgan fingerprint density at radius 1 is 1.10 bits per heavy atom. The molecule has 2 heterocycles. The van der Waals surface area contributed by atoms with E-state index in [4.69, 9.17) is 15.5 Å². The van der Waals surface area contributed by atoms with Gasteiger partial charge in [0.15, 0.2) is 0 Å². The van der Waals surface area contributed by atoms with Gasteiger partial charge in [0.1, 0.15) is 12.4 Å². The molecular formula is C33H39N5O2. The van der Waals surface area contributed by atoms with Crippen molar-refractivity contribution in [1.82, 2.24) is 15.2 Å². The van der Waals surface area contributed by atoms with Crippen LogP contribution < -0.4 is 11.1 Å². The smallest absolute Gasteiger partial charge is 0.245 e. The molecule has 3 aromatic rings. The second-order valence-corrected chi connectivity index (χ2v) is 10.9. The van der Waals surface area contributed by atoms with Crippen LogP contribution in [0.2, 0.25) is 0 Å². The van der Waals surface area contributed by atoms with Crippen LogP contribution in [0.25, 0.3) is 27.7 Å². The molecule has 0 bridgehead atoms. The number of nitrogens with one attached hydrogen (secondary N) is 1. The number of allylic oxidation sites excluding steroid dienone is 1. The number of methoxy groups -OCH3 is 1. The summed E-state index contributed by atoms with van der Waals surface area (Å²) in [5, 5.41) is 4.11. The van der Waals surface area contributed by atoms with Crippen LogP contribution in [0.1, 0.15) is 45.1 Å². The molecule has 3 N–H and O–H groups in total. The number of aliphatic imine (C=N–C) groups is 1. The number of fused-ring (bicyclic) bond motifs is 1. The average Bonchev–Trinajstić information content (AvgIpc) is 2.99. The van der Waals surface area contributed by atoms with Crippen molar-refractivity contribution in [1.29, 1.82) is 0 Å². The quantitative estimate of drug-likeness (QED) is 0.383. The van der Waals surface area contributed by atoms with Gasteiger partial charge in [-0.1, -0.05) is 48.5 Å². The molecule has 0 spiro atoms. The van der Waals surface area contributed by atoms with Crippen LogP contribution in [-0.2, 0) is 9.53 Å². The maximum Gasteiger partial charge on any atom is 0.245 e. The number of rotatable bonds is 8. The number of ether oxygens (including phenoxy) is 1. The van der Waals surface area contributed by atoms with Crippen LogP contribution in [0.5, 0.6) is 0 Å². The fourth-order valence-electron chi connectivity index (χ4n) is 5.98. The first-order chi connectivity index (χ1) is 19.4. The van der Waals surface area contributed by atoms with Gasteiger partial charge in [-0.25, -0.2) is 9.98 Å². The van der Waals surface area contributed by atoms with Gasteiger partial charge in [0.25, 0.3) is 0 Å². The van der Waals surface area contributed by atoms with Crippen LogP contribution in [0.4, 0.5) is 0 Å². The highest BCUT2D eigenvalue weighted by Gasteiger charge is 2.31. The summed E-state index contributed by atoms with van der Waals surface area (Å²) in [6.07, 6.45) is 8.28. The molecule has 1 aromatic heterocycles. The van der Waals surface area contributed by atoms with E-state index in [0.717, 1.165) is 71.2 Å². The zero-order valence-electron chi connectivity index (χ0n) is 23.6. The minimum atomic E-state index is -0.0448. The van der Waals surface area contributed by atoms with Gasteiger partial charge in [0.2, 0.25) is 5.91 Å². The van der Waals surface area contributed by atoms with Crippen LogP contribution in [0.3, 0.4) is 0 Å². The maximum atomic E-state index is 11.8. The highest BCUT2D eigenvalue weighted by Crippen LogP contribution is 2.36. The normalized spacial score (nSPS) is 21.2. The summed E-state index contributed by atoms with van der Waals surface area (Å²) >= 11 is 0. The van der Waals surface area contributed by atoms with Gasteiger partial charge in [0, 0.05) is 43.0 Å². The monoisotopic (exact) mass is 537 g/mol. The Balaban J connectivity index is 1.35. The summed E-state index contributed by atoms with van der Waals surface area (Å²) in [5.41, 5.74) is 12.7. The molecule has 1 unspecified atom stereocenters. The van der Waals surface area contributed by atoms with Gasteiger partial charge in [-0.15, -0.1) is 0 Å². The number of amidine groups is 1. The second kappa shape index (κ2) is 12.5. The van der Waals surface area contributed by atoms with Crippen LogP contribution in [0, 0.1) is 11.8 Å². The molecule has 0 radical (unpaired) electrons. The number of nitrogens with two attached hydrogens (primary N) is 1. The number of carbonyl (C=O) groups is 1. The fraction of sp³-hybridized carbons (Fsp3) is 0.364. The first-order valence-corrected chi connectivity index (χ1v) is 14.2. The second-order valence-electron chi connectivity index (χ2n) is 10.9. The molecule has 7 nitrogen and oxygen atoms in total. The van der Waals surface area contributed by atoms with E-state index >= 15 is 0 Å². The van der Waals surface area contributed by atoms with E-state index in [1.165, 1.54) is 0 Å². The molecule has 0 saturated heterocycles. The van der Waals surface area contributed by atoms with Gasteiger partial charge < -0.3 is 20.7 Å². The van der Waals surface area contributed by atoms with E-state index in [-0.39, 0.29) is 18.6 Å². The lowest BCUT2D eigenvalue weighted by atomic mass is 9.78. The zero-order valence-corrected chi connectivity index (χ0v) is 23.6. The summed E-state index contributed by atoms with van der Waals surface area (Å²) in [7, 11) is 1.54. The number of amides is 1. The molecule has 1 amide bonds. The van der Waals surface area contributed by atoms with Gasteiger partial charge in [-0.2, -0.15) is 0 Å². The lowest BCUT2D eigenvalue weighted by Crippen LogP contribution is -2.42. The van der Waals surface area contributed by atoms with Crippen molar-refractivity contribution in [2.24, 2.45) is 22.6 Å². The Morgan fingerprint density at radius 2 is 1.85 bits per heavy atom. The lowest BCUT2D eigenvalue weighted by Gasteiger charge is -2.40. The van der Waals surface area contributed by atoms with Crippen LogP contribution >= 0.6 is 0 Å². The number of pyridine rings is 1. The van der Waals surface area contributed by atoms with E-state index in [1.54, 1.807) is 13.3 Å². The van der Waals surface area contributed by atoms with Gasteiger partial charge >= 0.3 is 0 Å². The first-order valence-electron chi connectivity index (χ1n) is 14.2. The Bertz CT molecular complexity index is 1440. The predicted octanol–water partition coefficient (Wildman–Crippen LogP) is 5.73. The lowest BCUT2D eigenvalue weighted by molar-refractivity contribution is -0.125. The summed E-state index contributed by atoms with van der Waals surface area (Å²) < 4.78 is 4.92. The Morgan fingerprint density at radius 3 is 2.60 bits per heavy atom. The van der Waals surface area contributed by atoms with E-state index in [2.05, 4.69) is 77.7 Å².